The first kappa shape index (κ1) is 16.2. The second-order valence-corrected chi connectivity index (χ2v) is 0. The van der Waals surface area contributed by atoms with E-state index in [4.69, 9.17) is 3.32 Å². The summed E-state index contributed by atoms with van der Waals surface area (Å²) in [6.45, 7) is 0. The molecule has 0 unspecified atom stereocenters. The molecule has 0 saturated heterocycles. The maximum absolute atomic E-state index is 8.25. The molecule has 0 heterocycles. The third kappa shape index (κ3) is 8.85. The Morgan fingerprint density at radius 2 is 1.50 bits per heavy atom. The standard InChI is InChI=1S/La.Li.O.Ti.H/q;+1;;;-1. The first-order chi connectivity index (χ1) is 1.00. The van der Waals surface area contributed by atoms with Crippen LogP contribution in [-0.2, 0) is 23.7 Å². The van der Waals surface area contributed by atoms with Gasteiger partial charge in [0.05, 0.1) is 0 Å². The van der Waals surface area contributed by atoms with Crippen LogP contribution >= 0.6 is 0 Å². The molecule has 0 fully saturated rings. The molecule has 0 bridgehead atoms. The van der Waals surface area contributed by atoms with E-state index in [1.807, 2.05) is 0 Å². The van der Waals surface area contributed by atoms with Gasteiger partial charge in [0, 0.05) is 35.6 Å². The molecule has 1 radical (unpaired) electrons. The van der Waals surface area contributed by atoms with Crippen LogP contribution in [0.15, 0.2) is 0 Å². The van der Waals surface area contributed by atoms with Crippen molar-refractivity contribution in [3.05, 3.63) is 0 Å². The van der Waals surface area contributed by atoms with Crippen molar-refractivity contribution in [2.75, 3.05) is 0 Å². The summed E-state index contributed by atoms with van der Waals surface area (Å²) >= 11 is 0.750. The zero-order valence-corrected chi connectivity index (χ0v) is 7.67. The fourth-order valence-corrected chi connectivity index (χ4v) is 0. The van der Waals surface area contributed by atoms with E-state index in [0.717, 1.165) is 20.4 Å². The van der Waals surface area contributed by atoms with E-state index in [1.54, 1.807) is 0 Å². The van der Waals surface area contributed by atoms with E-state index >= 15 is 0 Å². The Morgan fingerprint density at radius 1 is 1.50 bits per heavy atom. The summed E-state index contributed by atoms with van der Waals surface area (Å²) in [4.78, 5) is 0. The van der Waals surface area contributed by atoms with Gasteiger partial charge in [0.25, 0.3) is 0 Å². The zero-order valence-electron chi connectivity index (χ0n) is 3.49. The summed E-state index contributed by atoms with van der Waals surface area (Å²) in [7, 11) is 0. The average Bonchev–Trinajstić information content (AvgIpc) is 1.00. The molecule has 0 aromatic heterocycles. The van der Waals surface area contributed by atoms with Crippen molar-refractivity contribution in [1.29, 1.82) is 0 Å². The normalized spacial score (nSPS) is 0.750. The molecule has 0 aromatic rings. The van der Waals surface area contributed by atoms with Crippen LogP contribution in [0, 0.1) is 35.6 Å². The Bertz CT molecular complexity index is 11.6. The number of hydrogen-bond acceptors (Lipinski definition) is 1. The summed E-state index contributed by atoms with van der Waals surface area (Å²) < 4.78 is 8.25. The van der Waals surface area contributed by atoms with Crippen molar-refractivity contribution in [2.24, 2.45) is 0 Å². The Hall–Kier alpha value is 2.31. The van der Waals surface area contributed by atoms with Crippen LogP contribution in [0.2, 0.25) is 0 Å². The van der Waals surface area contributed by atoms with E-state index in [1.165, 1.54) is 0 Å². The van der Waals surface area contributed by atoms with Gasteiger partial charge < -0.3 is 1.43 Å². The van der Waals surface area contributed by atoms with Gasteiger partial charge in [0.2, 0.25) is 0 Å². The number of hydrogen-bond donors (Lipinski definition) is 0. The van der Waals surface area contributed by atoms with Gasteiger partial charge in [0.1, 0.15) is 0 Å². The van der Waals surface area contributed by atoms with Crippen molar-refractivity contribution in [3.63, 3.8) is 0 Å². The van der Waals surface area contributed by atoms with Crippen molar-refractivity contribution in [3.8, 4) is 0 Å². The molecule has 0 aromatic carbocycles. The van der Waals surface area contributed by atoms with Crippen LogP contribution < -0.4 is 18.9 Å². The molecule has 0 aliphatic rings. The van der Waals surface area contributed by atoms with Crippen LogP contribution in [-0.4, -0.2) is 0 Å². The third-order valence-electron chi connectivity index (χ3n) is 0. The molecule has 1 nitrogen and oxygen atoms in total. The van der Waals surface area contributed by atoms with Crippen LogP contribution in [0.3, 0.4) is 0 Å². The van der Waals surface area contributed by atoms with Gasteiger partial charge in [-0.2, -0.15) is 0 Å². The summed E-state index contributed by atoms with van der Waals surface area (Å²) in [5, 5.41) is 0. The van der Waals surface area contributed by atoms with Crippen molar-refractivity contribution < 1.29 is 79.6 Å². The van der Waals surface area contributed by atoms with E-state index in [0.29, 0.717) is 0 Å². The second-order valence-electron chi connectivity index (χ2n) is 0. The first-order valence-electron chi connectivity index (χ1n) is 0.204. The summed E-state index contributed by atoms with van der Waals surface area (Å²) in [5.74, 6) is 0. The molecule has 0 aliphatic carbocycles. The van der Waals surface area contributed by atoms with Gasteiger partial charge >= 0.3 is 42.6 Å². The topological polar surface area (TPSA) is 17.1 Å². The van der Waals surface area contributed by atoms with Gasteiger partial charge in [-0.25, -0.2) is 0 Å². The molecule has 0 aliphatic heterocycles. The van der Waals surface area contributed by atoms with Crippen molar-refractivity contribution >= 4 is 0 Å². The predicted molar refractivity (Wildman–Crippen MR) is 1.80 cm³/mol. The molecule has 4 heteroatoms. The van der Waals surface area contributed by atoms with E-state index in [-0.39, 0.29) is 55.9 Å². The Balaban J connectivity index is -0.00000000167. The molecule has 15 valence electrons. The van der Waals surface area contributed by atoms with E-state index in [9.17, 15) is 0 Å². The van der Waals surface area contributed by atoms with Crippen LogP contribution in [0.25, 0.3) is 0 Å². The van der Waals surface area contributed by atoms with E-state index < -0.39 is 0 Å². The number of rotatable bonds is 0. The minimum atomic E-state index is 0. The molecule has 0 spiro atoms. The Labute approximate surface area is 78.3 Å². The molecular formula is HLaLiOTi. The second kappa shape index (κ2) is 18.5. The SMILES string of the molecule is [H-].[La].[Li+].[O]=[Ti]. The first-order valence-corrected chi connectivity index (χ1v) is 0.842. The van der Waals surface area contributed by atoms with Gasteiger partial charge in [-0.1, -0.05) is 0 Å². The maximum atomic E-state index is 8.25. The van der Waals surface area contributed by atoms with Gasteiger partial charge in [-0.3, -0.25) is 0 Å². The Kier molecular flexibility index (Phi) is 75.1. The molecule has 0 saturated carbocycles. The molecule has 0 atom stereocenters. The predicted octanol–water partition coefficient (Wildman–Crippen LogP) is -3.00. The summed E-state index contributed by atoms with van der Waals surface area (Å²) in [6.07, 6.45) is 0. The molecule has 4 heavy (non-hydrogen) atoms. The zero-order chi connectivity index (χ0) is 2.00. The minimum absolute atomic E-state index is 0. The fraction of sp³-hybridized carbons (Fsp3) is 0. The Morgan fingerprint density at radius 3 is 1.50 bits per heavy atom. The van der Waals surface area contributed by atoms with Crippen LogP contribution in [0.5, 0.6) is 0 Å². The molecular weight excluding hydrogens is 210 g/mol. The average molecular weight is 211 g/mol. The quantitative estimate of drug-likeness (QED) is 0.390. The van der Waals surface area contributed by atoms with Gasteiger partial charge in [-0.05, 0) is 0 Å². The van der Waals surface area contributed by atoms with Crippen molar-refractivity contribution in [1.82, 2.24) is 0 Å². The molecule has 0 rings (SSSR count). The van der Waals surface area contributed by atoms with Crippen LogP contribution in [0.1, 0.15) is 1.43 Å². The van der Waals surface area contributed by atoms with Crippen LogP contribution in [0.4, 0.5) is 0 Å². The summed E-state index contributed by atoms with van der Waals surface area (Å²) in [6, 6.07) is 0. The summed E-state index contributed by atoms with van der Waals surface area (Å²) in [5.41, 5.74) is 0. The van der Waals surface area contributed by atoms with Crippen molar-refractivity contribution in [2.45, 2.75) is 0 Å². The van der Waals surface area contributed by atoms with E-state index in [2.05, 4.69) is 0 Å². The van der Waals surface area contributed by atoms with Gasteiger partial charge in [-0.15, -0.1) is 0 Å². The third-order valence-corrected chi connectivity index (χ3v) is 0. The fourth-order valence-electron chi connectivity index (χ4n) is 0. The van der Waals surface area contributed by atoms with Gasteiger partial charge in [0.15, 0.2) is 0 Å². The molecule has 0 N–H and O–H groups in total. The monoisotopic (exact) mass is 211 g/mol. The molecule has 0 amide bonds.